The molecule has 0 unspecified atom stereocenters. The number of nitrogens with one attached hydrogen (secondary N) is 1. The monoisotopic (exact) mass is 305 g/mol. The molecule has 3 nitrogen and oxygen atoms in total. The minimum atomic E-state index is -0.258. The lowest BCUT2D eigenvalue weighted by atomic mass is 10.3. The molecule has 0 fully saturated rings. The quantitative estimate of drug-likeness (QED) is 0.749. The van der Waals surface area contributed by atoms with E-state index in [4.69, 9.17) is 9.47 Å². The minimum Gasteiger partial charge on any atom is -0.385 e. The normalized spacial score (nSPS) is 10.5. The fraction of sp³-hybridized carbons (Fsp3) is 0.500. The van der Waals surface area contributed by atoms with E-state index in [1.54, 1.807) is 19.2 Å². The number of hydrogen-bond donors (Lipinski definition) is 1. The number of anilines is 1. The van der Waals surface area contributed by atoms with E-state index in [0.29, 0.717) is 24.2 Å². The average Bonchev–Trinajstić information content (AvgIpc) is 2.32. The van der Waals surface area contributed by atoms with Gasteiger partial charge in [0.25, 0.3) is 0 Å². The summed E-state index contributed by atoms with van der Waals surface area (Å²) in [5, 5.41) is 3.15. The third-order valence-electron chi connectivity index (χ3n) is 2.13. The molecular formula is C12H17BrFNO2. The molecule has 1 rings (SSSR count). The summed E-state index contributed by atoms with van der Waals surface area (Å²) >= 11 is 3.14. The van der Waals surface area contributed by atoms with Crippen molar-refractivity contribution in [1.82, 2.24) is 0 Å². The highest BCUT2D eigenvalue weighted by Crippen LogP contribution is 2.19. The molecule has 0 saturated heterocycles. The molecule has 0 saturated carbocycles. The fourth-order valence-electron chi connectivity index (χ4n) is 1.28. The fourth-order valence-corrected chi connectivity index (χ4v) is 1.66. The number of hydrogen-bond acceptors (Lipinski definition) is 3. The van der Waals surface area contributed by atoms with Crippen LogP contribution in [0.4, 0.5) is 10.1 Å². The van der Waals surface area contributed by atoms with Gasteiger partial charge in [-0.05, 0) is 40.5 Å². The molecule has 0 heterocycles. The molecular weight excluding hydrogens is 289 g/mol. The molecule has 0 spiro atoms. The van der Waals surface area contributed by atoms with Crippen molar-refractivity contribution in [3.8, 4) is 0 Å². The van der Waals surface area contributed by atoms with Gasteiger partial charge in [-0.25, -0.2) is 4.39 Å². The van der Waals surface area contributed by atoms with Crippen molar-refractivity contribution in [2.24, 2.45) is 0 Å². The smallest absolute Gasteiger partial charge is 0.137 e. The van der Waals surface area contributed by atoms with Crippen molar-refractivity contribution < 1.29 is 13.9 Å². The number of halogens is 2. The van der Waals surface area contributed by atoms with Crippen LogP contribution in [-0.4, -0.2) is 33.5 Å². The van der Waals surface area contributed by atoms with Gasteiger partial charge >= 0.3 is 0 Å². The van der Waals surface area contributed by atoms with Crippen LogP contribution in [0.1, 0.15) is 6.42 Å². The first-order chi connectivity index (χ1) is 8.24. The van der Waals surface area contributed by atoms with Crippen LogP contribution < -0.4 is 5.32 Å². The van der Waals surface area contributed by atoms with Crippen molar-refractivity contribution in [2.45, 2.75) is 6.42 Å². The first kappa shape index (κ1) is 14.4. The van der Waals surface area contributed by atoms with Gasteiger partial charge in [0, 0.05) is 32.6 Å². The lowest BCUT2D eigenvalue weighted by Gasteiger charge is -2.08. The number of rotatable bonds is 8. The second-order valence-electron chi connectivity index (χ2n) is 3.51. The zero-order valence-corrected chi connectivity index (χ0v) is 11.4. The summed E-state index contributed by atoms with van der Waals surface area (Å²) in [7, 11) is 1.67. The molecule has 0 aliphatic rings. The van der Waals surface area contributed by atoms with Crippen molar-refractivity contribution in [3.63, 3.8) is 0 Å². The molecule has 1 aromatic carbocycles. The van der Waals surface area contributed by atoms with Crippen molar-refractivity contribution >= 4 is 21.6 Å². The van der Waals surface area contributed by atoms with Crippen LogP contribution in [0.25, 0.3) is 0 Å². The number of ether oxygens (including phenoxy) is 2. The third-order valence-corrected chi connectivity index (χ3v) is 2.74. The van der Waals surface area contributed by atoms with E-state index in [1.165, 1.54) is 6.07 Å². The Kier molecular flexibility index (Phi) is 7.16. The number of benzene rings is 1. The summed E-state index contributed by atoms with van der Waals surface area (Å²) in [5.74, 6) is -0.258. The second-order valence-corrected chi connectivity index (χ2v) is 4.37. The Hall–Kier alpha value is -0.650. The van der Waals surface area contributed by atoms with Gasteiger partial charge in [-0.1, -0.05) is 0 Å². The molecule has 96 valence electrons. The molecule has 17 heavy (non-hydrogen) atoms. The molecule has 0 atom stereocenters. The highest BCUT2D eigenvalue weighted by Gasteiger charge is 1.99. The molecule has 1 N–H and O–H groups in total. The first-order valence-corrected chi connectivity index (χ1v) is 6.29. The Bertz CT molecular complexity index is 336. The zero-order valence-electron chi connectivity index (χ0n) is 9.84. The number of methoxy groups -OCH3 is 1. The van der Waals surface area contributed by atoms with Crippen molar-refractivity contribution in [2.75, 3.05) is 38.8 Å². The average molecular weight is 306 g/mol. The van der Waals surface area contributed by atoms with Crippen LogP contribution in [-0.2, 0) is 9.47 Å². The van der Waals surface area contributed by atoms with E-state index < -0.39 is 0 Å². The minimum absolute atomic E-state index is 0.258. The van der Waals surface area contributed by atoms with E-state index in [0.717, 1.165) is 18.7 Å². The Labute approximate surface area is 109 Å². The van der Waals surface area contributed by atoms with Crippen LogP contribution in [0.2, 0.25) is 0 Å². The molecule has 0 aliphatic heterocycles. The zero-order chi connectivity index (χ0) is 12.5. The summed E-state index contributed by atoms with van der Waals surface area (Å²) in [4.78, 5) is 0. The van der Waals surface area contributed by atoms with Crippen LogP contribution in [0.15, 0.2) is 22.7 Å². The molecule has 0 aliphatic carbocycles. The molecule has 1 aromatic rings. The van der Waals surface area contributed by atoms with Crippen LogP contribution in [0.3, 0.4) is 0 Å². The van der Waals surface area contributed by atoms with Gasteiger partial charge in [0.05, 0.1) is 11.1 Å². The van der Waals surface area contributed by atoms with Gasteiger partial charge in [-0.2, -0.15) is 0 Å². The highest BCUT2D eigenvalue weighted by atomic mass is 79.9. The van der Waals surface area contributed by atoms with Gasteiger partial charge in [0.1, 0.15) is 5.82 Å². The Morgan fingerprint density at radius 3 is 2.82 bits per heavy atom. The SMILES string of the molecule is COCCCOCCNc1ccc(F)c(Br)c1. The van der Waals surface area contributed by atoms with Gasteiger partial charge in [0.2, 0.25) is 0 Å². The van der Waals surface area contributed by atoms with E-state index in [9.17, 15) is 4.39 Å². The lowest BCUT2D eigenvalue weighted by Crippen LogP contribution is -2.10. The summed E-state index contributed by atoms with van der Waals surface area (Å²) in [6, 6.07) is 4.83. The van der Waals surface area contributed by atoms with Gasteiger partial charge < -0.3 is 14.8 Å². The summed E-state index contributed by atoms with van der Waals surface area (Å²) in [6.07, 6.45) is 0.901. The Balaban J connectivity index is 2.11. The molecule has 0 amide bonds. The maximum atomic E-state index is 12.9. The van der Waals surface area contributed by atoms with Gasteiger partial charge in [-0.15, -0.1) is 0 Å². The van der Waals surface area contributed by atoms with E-state index >= 15 is 0 Å². The van der Waals surface area contributed by atoms with Crippen LogP contribution in [0, 0.1) is 5.82 Å². The molecule has 5 heteroatoms. The highest BCUT2D eigenvalue weighted by molar-refractivity contribution is 9.10. The van der Waals surface area contributed by atoms with E-state index in [1.807, 2.05) is 0 Å². The van der Waals surface area contributed by atoms with Crippen LogP contribution in [0.5, 0.6) is 0 Å². The van der Waals surface area contributed by atoms with E-state index in [-0.39, 0.29) is 5.82 Å². The molecule has 0 aromatic heterocycles. The maximum Gasteiger partial charge on any atom is 0.137 e. The molecule has 0 bridgehead atoms. The molecule has 0 radical (unpaired) electrons. The third kappa shape index (κ3) is 6.00. The lowest BCUT2D eigenvalue weighted by molar-refractivity contribution is 0.109. The van der Waals surface area contributed by atoms with E-state index in [2.05, 4.69) is 21.2 Å². The Morgan fingerprint density at radius 1 is 1.29 bits per heavy atom. The maximum absolute atomic E-state index is 12.9. The standard InChI is InChI=1S/C12H17BrFNO2/c1-16-6-2-7-17-8-5-15-10-3-4-12(14)11(13)9-10/h3-4,9,15H,2,5-8H2,1H3. The van der Waals surface area contributed by atoms with Crippen molar-refractivity contribution in [3.05, 3.63) is 28.5 Å². The van der Waals surface area contributed by atoms with Crippen molar-refractivity contribution in [1.29, 1.82) is 0 Å². The summed E-state index contributed by atoms with van der Waals surface area (Å²) in [6.45, 7) is 2.74. The predicted octanol–water partition coefficient (Wildman–Crippen LogP) is 3.05. The van der Waals surface area contributed by atoms with Gasteiger partial charge in [0.15, 0.2) is 0 Å². The first-order valence-electron chi connectivity index (χ1n) is 5.49. The predicted molar refractivity (Wildman–Crippen MR) is 69.9 cm³/mol. The summed E-state index contributed by atoms with van der Waals surface area (Å²) in [5.41, 5.74) is 0.874. The summed E-state index contributed by atoms with van der Waals surface area (Å²) < 4.78 is 23.7. The second kappa shape index (κ2) is 8.44. The largest absolute Gasteiger partial charge is 0.385 e. The Morgan fingerprint density at radius 2 is 2.12 bits per heavy atom. The van der Waals surface area contributed by atoms with Gasteiger partial charge in [-0.3, -0.25) is 0 Å². The van der Waals surface area contributed by atoms with Crippen LogP contribution >= 0.6 is 15.9 Å². The topological polar surface area (TPSA) is 30.5 Å².